The Labute approximate surface area is 447 Å². The summed E-state index contributed by atoms with van der Waals surface area (Å²) in [6.45, 7) is 13.3. The van der Waals surface area contributed by atoms with Gasteiger partial charge in [-0.2, -0.15) is 0 Å². The lowest BCUT2D eigenvalue weighted by atomic mass is 9.77. The average molecular weight is 1050 g/mol. The van der Waals surface area contributed by atoms with Crippen molar-refractivity contribution in [2.45, 2.75) is 85.4 Å². The number of nitrogens with one attached hydrogen (secondary N) is 2. The number of amides is 3. The number of ether oxygens (including phenoxy) is 5. The van der Waals surface area contributed by atoms with Gasteiger partial charge in [0.15, 0.2) is 5.78 Å². The normalized spacial score (nSPS) is 16.2. The van der Waals surface area contributed by atoms with E-state index in [-0.39, 0.29) is 75.6 Å². The summed E-state index contributed by atoms with van der Waals surface area (Å²) in [6.07, 6.45) is 0.721. The number of rotatable bonds is 30. The van der Waals surface area contributed by atoms with Crippen molar-refractivity contribution in [2.75, 3.05) is 73.1 Å². The number of hydrogen-bond acceptors (Lipinski definition) is 12. The maximum absolute atomic E-state index is 14.0. The van der Waals surface area contributed by atoms with Crippen LogP contribution >= 0.6 is 11.3 Å². The molecular formula is C60H76N4O10S. The van der Waals surface area contributed by atoms with E-state index in [1.54, 1.807) is 23.3 Å². The minimum atomic E-state index is -0.859. The molecule has 402 valence electrons. The Balaban J connectivity index is 0.784. The second-order valence-electron chi connectivity index (χ2n) is 19.9. The number of aliphatic hydroxyl groups is 1. The Kier molecular flexibility index (Phi) is 23.2. The summed E-state index contributed by atoms with van der Waals surface area (Å²) in [5, 5.41) is 16.5. The van der Waals surface area contributed by atoms with Crippen LogP contribution in [0.5, 0.6) is 5.75 Å². The highest BCUT2D eigenvalue weighted by Crippen LogP contribution is 2.38. The number of carbonyl (C=O) groups is 4. The average Bonchev–Trinajstić information content (AvgIpc) is 4.04. The molecule has 5 aromatic rings. The van der Waals surface area contributed by atoms with Crippen LogP contribution in [0.15, 0.2) is 115 Å². The van der Waals surface area contributed by atoms with E-state index in [0.29, 0.717) is 46.2 Å². The van der Waals surface area contributed by atoms with Gasteiger partial charge in [0.1, 0.15) is 12.4 Å². The van der Waals surface area contributed by atoms with Gasteiger partial charge in [-0.25, -0.2) is 4.98 Å². The molecule has 0 bridgehead atoms. The largest absolute Gasteiger partial charge is 0.492 e. The van der Waals surface area contributed by atoms with E-state index < -0.39 is 29.4 Å². The first kappa shape index (κ1) is 58.2. The number of nitrogens with zero attached hydrogens (tertiary/aromatic N) is 2. The van der Waals surface area contributed by atoms with Gasteiger partial charge < -0.3 is 44.3 Å². The Hall–Kier alpha value is -6.07. The number of allylic oxidation sites excluding steroid dienone is 1. The number of aryl methyl sites for hydroxylation is 1. The second-order valence-corrected chi connectivity index (χ2v) is 20.7. The number of hydrogen-bond donors (Lipinski definition) is 3. The van der Waals surface area contributed by atoms with Crippen molar-refractivity contribution in [2.24, 2.45) is 17.3 Å². The van der Waals surface area contributed by atoms with Gasteiger partial charge in [0, 0.05) is 25.9 Å². The molecule has 1 saturated carbocycles. The number of Topliss-reactive ketones (excluding diaryl/α,β-unsaturated/α-hetero) is 1. The SMILES string of the molecule is CC/C(=C(\c1ccccc1)c1ccc(OCCN(C)C(=O)CCOCCOCCOCCOCCC(=O)N[C@H](C(=O)C2C[C@H](O)C[C@H]2C(=O)NCc2ccc(-c3scnc3C)cc2)C(C)(C)C)cc1)c1ccccc1. The molecule has 4 atom stereocenters. The van der Waals surface area contributed by atoms with Crippen LogP contribution < -0.4 is 15.4 Å². The van der Waals surface area contributed by atoms with E-state index in [1.807, 2.05) is 81.7 Å². The molecule has 1 aromatic heterocycles. The number of thiazole rings is 1. The highest BCUT2D eigenvalue weighted by molar-refractivity contribution is 7.13. The third-order valence-corrected chi connectivity index (χ3v) is 14.3. The number of ketones is 1. The number of carbonyl (C=O) groups excluding carboxylic acids is 4. The first-order valence-electron chi connectivity index (χ1n) is 26.1. The molecule has 4 aromatic carbocycles. The van der Waals surface area contributed by atoms with Gasteiger partial charge in [-0.3, -0.25) is 19.2 Å². The molecule has 3 amide bonds. The van der Waals surface area contributed by atoms with Crippen molar-refractivity contribution in [1.29, 1.82) is 0 Å². The minimum absolute atomic E-state index is 0.0320. The molecule has 1 unspecified atom stereocenters. The summed E-state index contributed by atoms with van der Waals surface area (Å²) in [4.78, 5) is 60.4. The molecule has 6 rings (SSSR count). The zero-order chi connectivity index (χ0) is 53.6. The minimum Gasteiger partial charge on any atom is -0.492 e. The van der Waals surface area contributed by atoms with Crippen molar-refractivity contribution < 1.29 is 48.0 Å². The predicted molar refractivity (Wildman–Crippen MR) is 294 cm³/mol. The predicted octanol–water partition coefficient (Wildman–Crippen LogP) is 8.97. The number of aromatic nitrogens is 1. The van der Waals surface area contributed by atoms with Crippen molar-refractivity contribution in [3.8, 4) is 16.2 Å². The molecule has 1 heterocycles. The molecular weight excluding hydrogens is 969 g/mol. The summed E-state index contributed by atoms with van der Waals surface area (Å²) >= 11 is 1.58. The fourth-order valence-corrected chi connectivity index (χ4v) is 9.97. The summed E-state index contributed by atoms with van der Waals surface area (Å²) in [7, 11) is 1.76. The molecule has 3 N–H and O–H groups in total. The monoisotopic (exact) mass is 1040 g/mol. The van der Waals surface area contributed by atoms with Crippen molar-refractivity contribution in [3.63, 3.8) is 0 Å². The van der Waals surface area contributed by atoms with Crippen LogP contribution in [0.2, 0.25) is 0 Å². The van der Waals surface area contributed by atoms with Crippen LogP contribution in [0.25, 0.3) is 21.6 Å². The number of aliphatic hydroxyl groups excluding tert-OH is 1. The highest BCUT2D eigenvalue weighted by Gasteiger charge is 2.46. The molecule has 0 radical (unpaired) electrons. The third kappa shape index (κ3) is 18.0. The smallest absolute Gasteiger partial charge is 0.224 e. The first-order valence-corrected chi connectivity index (χ1v) is 27.0. The van der Waals surface area contributed by atoms with Crippen LogP contribution in [0.3, 0.4) is 0 Å². The summed E-state index contributed by atoms with van der Waals surface area (Å²) in [5.41, 5.74) is 10.1. The molecule has 75 heavy (non-hydrogen) atoms. The lowest BCUT2D eigenvalue weighted by Gasteiger charge is -2.33. The maximum Gasteiger partial charge on any atom is 0.224 e. The molecule has 0 spiro atoms. The van der Waals surface area contributed by atoms with Gasteiger partial charge in [-0.05, 0) is 82.7 Å². The van der Waals surface area contributed by atoms with Crippen LogP contribution in [0, 0.1) is 24.2 Å². The topological polar surface area (TPSA) is 175 Å². The Bertz CT molecular complexity index is 2580. The van der Waals surface area contributed by atoms with Gasteiger partial charge in [-0.15, -0.1) is 11.3 Å². The summed E-state index contributed by atoms with van der Waals surface area (Å²) in [6, 6.07) is 36.2. The molecule has 14 nitrogen and oxygen atoms in total. The van der Waals surface area contributed by atoms with E-state index in [2.05, 4.69) is 83.2 Å². The fourth-order valence-electron chi connectivity index (χ4n) is 9.15. The molecule has 1 aliphatic rings. The van der Waals surface area contributed by atoms with Gasteiger partial charge in [0.05, 0.1) is 100.0 Å². The standard InChI is InChI=1S/C60H76N4O10S/c1-7-50(44-14-10-8-11-15-44)55(45-16-12-9-13-17-45)46-22-24-49(25-23-46)74-31-28-64(6)54(67)27-30-71-33-35-73-37-36-72-34-32-70-29-26-53(66)63-58(60(3,4)5)56(68)51-38-48(65)39-52(51)59(69)61-40-43-18-20-47(21-19-43)57-42(2)62-41-75-57/h8-25,41,48,51-52,58,65H,7,26-40H2,1-6H3,(H,61,69)(H,63,66)/b55-50-/t48-,51?,52+,58+/m0/s1. The quantitative estimate of drug-likeness (QED) is 0.0296. The van der Waals surface area contributed by atoms with Gasteiger partial charge >= 0.3 is 0 Å². The van der Waals surface area contributed by atoms with Crippen LogP contribution in [0.4, 0.5) is 0 Å². The Morgan fingerprint density at radius 1 is 0.720 bits per heavy atom. The van der Waals surface area contributed by atoms with E-state index >= 15 is 0 Å². The second kappa shape index (κ2) is 29.9. The summed E-state index contributed by atoms with van der Waals surface area (Å²) in [5.74, 6) is -1.62. The Morgan fingerprint density at radius 2 is 1.28 bits per heavy atom. The van der Waals surface area contributed by atoms with E-state index in [9.17, 15) is 24.3 Å². The summed E-state index contributed by atoms with van der Waals surface area (Å²) < 4.78 is 28.5. The lowest BCUT2D eigenvalue weighted by Crippen LogP contribution is -2.52. The zero-order valence-corrected chi connectivity index (χ0v) is 45.3. The van der Waals surface area contributed by atoms with Crippen LogP contribution in [0.1, 0.15) is 87.7 Å². The van der Waals surface area contributed by atoms with Gasteiger partial charge in [0.25, 0.3) is 0 Å². The first-order chi connectivity index (χ1) is 36.2. The molecule has 1 aliphatic carbocycles. The highest BCUT2D eigenvalue weighted by atomic mass is 32.1. The van der Waals surface area contributed by atoms with Crippen LogP contribution in [-0.4, -0.2) is 124 Å². The van der Waals surface area contributed by atoms with Crippen LogP contribution in [-0.2, 0) is 44.7 Å². The molecule has 15 heteroatoms. The fraction of sp³-hybridized carbons (Fsp3) is 0.450. The van der Waals surface area contributed by atoms with Crippen molar-refractivity contribution in [3.05, 3.63) is 143 Å². The molecule has 1 fully saturated rings. The van der Waals surface area contributed by atoms with E-state index in [1.165, 1.54) is 16.7 Å². The zero-order valence-electron chi connectivity index (χ0n) is 44.5. The molecule has 0 saturated heterocycles. The third-order valence-electron chi connectivity index (χ3n) is 13.3. The van der Waals surface area contributed by atoms with E-state index in [4.69, 9.17) is 23.7 Å². The van der Waals surface area contributed by atoms with E-state index in [0.717, 1.165) is 45.0 Å². The van der Waals surface area contributed by atoms with Gasteiger partial charge in [-0.1, -0.05) is 125 Å². The maximum atomic E-state index is 14.0. The number of likely N-dealkylation sites (N-methyl/N-ethyl adjacent to an activating group) is 1. The van der Waals surface area contributed by atoms with Gasteiger partial charge in [0.2, 0.25) is 17.7 Å². The number of benzene rings is 4. The van der Waals surface area contributed by atoms with Crippen molar-refractivity contribution in [1.82, 2.24) is 20.5 Å². The Morgan fingerprint density at radius 3 is 1.85 bits per heavy atom. The molecule has 0 aliphatic heterocycles. The van der Waals surface area contributed by atoms with Crippen molar-refractivity contribution >= 4 is 46.0 Å². The lowest BCUT2D eigenvalue weighted by molar-refractivity contribution is -0.137.